The van der Waals surface area contributed by atoms with E-state index >= 15 is 0 Å². The minimum absolute atomic E-state index is 0.388. The third-order valence-electron chi connectivity index (χ3n) is 1.30. The van der Waals surface area contributed by atoms with Crippen molar-refractivity contribution in [2.45, 2.75) is 20.8 Å². The molecule has 0 aliphatic carbocycles. The molecule has 0 unspecified atom stereocenters. The van der Waals surface area contributed by atoms with Gasteiger partial charge in [0.05, 0.1) is 6.61 Å². The van der Waals surface area contributed by atoms with Crippen molar-refractivity contribution in [3.63, 3.8) is 0 Å². The van der Waals surface area contributed by atoms with Crippen LogP contribution in [-0.2, 0) is 4.74 Å². The van der Waals surface area contributed by atoms with E-state index in [1.165, 1.54) is 0 Å². The molecular weight excluding hydrogens is 178 g/mol. The van der Waals surface area contributed by atoms with Crippen LogP contribution in [0.2, 0.25) is 0 Å². The zero-order valence-electron chi connectivity index (χ0n) is 8.91. The monoisotopic (exact) mass is 195 g/mol. The lowest BCUT2D eigenvalue weighted by Gasteiger charge is -2.03. The van der Waals surface area contributed by atoms with Gasteiger partial charge in [-0.05, 0) is 19.1 Å². The van der Waals surface area contributed by atoms with Gasteiger partial charge in [0.1, 0.15) is 0 Å². The number of hydrogen-bond donors (Lipinski definition) is 1. The van der Waals surface area contributed by atoms with Gasteiger partial charge < -0.3 is 4.74 Å². The summed E-state index contributed by atoms with van der Waals surface area (Å²) in [6.45, 7) is 6.16. The number of amides is 1. The van der Waals surface area contributed by atoms with E-state index in [0.717, 1.165) is 5.69 Å². The molecule has 3 nitrogen and oxygen atoms in total. The maximum Gasteiger partial charge on any atom is 0.411 e. The second kappa shape index (κ2) is 8.10. The number of carbonyl (C=O) groups excluding carboxylic acids is 1. The van der Waals surface area contributed by atoms with Crippen molar-refractivity contribution in [3.8, 4) is 0 Å². The second-order valence-electron chi connectivity index (χ2n) is 2.21. The van der Waals surface area contributed by atoms with Gasteiger partial charge >= 0.3 is 6.09 Å². The Labute approximate surface area is 85.1 Å². The fourth-order valence-corrected chi connectivity index (χ4v) is 0.807. The van der Waals surface area contributed by atoms with Crippen LogP contribution >= 0.6 is 0 Å². The van der Waals surface area contributed by atoms with E-state index < -0.39 is 6.09 Å². The molecule has 1 rings (SSSR count). The molecular formula is C11H17NO2. The Bertz CT molecular complexity index is 247. The molecule has 1 aromatic carbocycles. The molecule has 0 saturated carbocycles. The Kier molecular flexibility index (Phi) is 7.23. The number of hydrogen-bond acceptors (Lipinski definition) is 2. The summed E-state index contributed by atoms with van der Waals surface area (Å²) in [5, 5.41) is 2.58. The van der Waals surface area contributed by atoms with Crippen molar-refractivity contribution in [1.82, 2.24) is 0 Å². The van der Waals surface area contributed by atoms with Gasteiger partial charge in [-0.25, -0.2) is 4.79 Å². The Balaban J connectivity index is 0.000000791. The summed E-state index contributed by atoms with van der Waals surface area (Å²) in [6, 6.07) is 9.19. The molecule has 0 radical (unpaired) electrons. The minimum atomic E-state index is -0.413. The summed E-state index contributed by atoms with van der Waals surface area (Å²) in [5.41, 5.74) is 0.746. The van der Waals surface area contributed by atoms with Crippen LogP contribution in [0, 0.1) is 0 Å². The van der Waals surface area contributed by atoms with E-state index in [4.69, 9.17) is 4.74 Å². The first kappa shape index (κ1) is 12.5. The van der Waals surface area contributed by atoms with E-state index in [-0.39, 0.29) is 0 Å². The van der Waals surface area contributed by atoms with Gasteiger partial charge in [-0.2, -0.15) is 0 Å². The highest BCUT2D eigenvalue weighted by molar-refractivity contribution is 5.84. The lowest BCUT2D eigenvalue weighted by atomic mass is 10.3. The molecule has 78 valence electrons. The van der Waals surface area contributed by atoms with E-state index in [1.807, 2.05) is 32.0 Å². The van der Waals surface area contributed by atoms with Crippen LogP contribution in [-0.4, -0.2) is 12.7 Å². The Morgan fingerprint density at radius 3 is 2.36 bits per heavy atom. The third-order valence-corrected chi connectivity index (χ3v) is 1.30. The molecule has 0 bridgehead atoms. The fraction of sp³-hybridized carbons (Fsp3) is 0.364. The number of anilines is 1. The van der Waals surface area contributed by atoms with Gasteiger partial charge in [0, 0.05) is 5.69 Å². The summed E-state index contributed by atoms with van der Waals surface area (Å²) in [7, 11) is 0. The van der Waals surface area contributed by atoms with Crippen molar-refractivity contribution in [1.29, 1.82) is 0 Å². The van der Waals surface area contributed by atoms with Crippen LogP contribution in [0.5, 0.6) is 0 Å². The number of nitrogens with one attached hydrogen (secondary N) is 1. The molecule has 0 saturated heterocycles. The normalized spacial score (nSPS) is 8.21. The maximum absolute atomic E-state index is 10.9. The van der Waals surface area contributed by atoms with Crippen LogP contribution in [0.4, 0.5) is 10.5 Å². The van der Waals surface area contributed by atoms with Gasteiger partial charge in [0.2, 0.25) is 0 Å². The number of para-hydroxylation sites is 1. The summed E-state index contributed by atoms with van der Waals surface area (Å²) in [4.78, 5) is 10.9. The van der Waals surface area contributed by atoms with E-state index in [1.54, 1.807) is 19.1 Å². The first-order valence-electron chi connectivity index (χ1n) is 4.81. The van der Waals surface area contributed by atoms with Crippen molar-refractivity contribution in [3.05, 3.63) is 30.3 Å². The van der Waals surface area contributed by atoms with Gasteiger partial charge in [-0.3, -0.25) is 5.32 Å². The number of benzene rings is 1. The van der Waals surface area contributed by atoms with Crippen LogP contribution < -0.4 is 5.32 Å². The molecule has 1 aromatic rings. The molecule has 1 amide bonds. The largest absolute Gasteiger partial charge is 0.450 e. The summed E-state index contributed by atoms with van der Waals surface area (Å²) in [5.74, 6) is 0. The lowest BCUT2D eigenvalue weighted by molar-refractivity contribution is 0.168. The SMILES string of the molecule is CC.CCOC(=O)Nc1ccccc1. The molecule has 0 aromatic heterocycles. The van der Waals surface area contributed by atoms with E-state index in [9.17, 15) is 4.79 Å². The van der Waals surface area contributed by atoms with Gasteiger partial charge in [0.25, 0.3) is 0 Å². The predicted molar refractivity (Wildman–Crippen MR) is 58.4 cm³/mol. The fourth-order valence-electron chi connectivity index (χ4n) is 0.807. The lowest BCUT2D eigenvalue weighted by Crippen LogP contribution is -2.12. The van der Waals surface area contributed by atoms with Crippen molar-refractivity contribution >= 4 is 11.8 Å². The first-order chi connectivity index (χ1) is 6.83. The summed E-state index contributed by atoms with van der Waals surface area (Å²) < 4.78 is 4.70. The second-order valence-corrected chi connectivity index (χ2v) is 2.21. The first-order valence-corrected chi connectivity index (χ1v) is 4.81. The van der Waals surface area contributed by atoms with Crippen LogP contribution in [0.1, 0.15) is 20.8 Å². The molecule has 0 aliphatic heterocycles. The molecule has 1 N–H and O–H groups in total. The number of rotatable bonds is 2. The summed E-state index contributed by atoms with van der Waals surface area (Å²) in [6.07, 6.45) is -0.413. The minimum Gasteiger partial charge on any atom is -0.450 e. The maximum atomic E-state index is 10.9. The zero-order chi connectivity index (χ0) is 10.8. The molecule has 0 heterocycles. The molecule has 0 atom stereocenters. The molecule has 0 fully saturated rings. The Morgan fingerprint density at radius 1 is 1.29 bits per heavy atom. The van der Waals surface area contributed by atoms with Gasteiger partial charge in [-0.1, -0.05) is 32.0 Å². The van der Waals surface area contributed by atoms with Crippen molar-refractivity contribution in [2.24, 2.45) is 0 Å². The number of ether oxygens (including phenoxy) is 1. The van der Waals surface area contributed by atoms with Crippen molar-refractivity contribution in [2.75, 3.05) is 11.9 Å². The van der Waals surface area contributed by atoms with E-state index in [0.29, 0.717) is 6.61 Å². The highest BCUT2D eigenvalue weighted by atomic mass is 16.5. The quantitative estimate of drug-likeness (QED) is 0.786. The average molecular weight is 195 g/mol. The Morgan fingerprint density at radius 2 is 1.86 bits per heavy atom. The molecule has 3 heteroatoms. The summed E-state index contributed by atoms with van der Waals surface area (Å²) >= 11 is 0. The third kappa shape index (κ3) is 5.19. The van der Waals surface area contributed by atoms with E-state index in [2.05, 4.69) is 5.32 Å². The highest BCUT2D eigenvalue weighted by Gasteiger charge is 1.98. The molecule has 0 aliphatic rings. The van der Waals surface area contributed by atoms with Gasteiger partial charge in [-0.15, -0.1) is 0 Å². The molecule has 14 heavy (non-hydrogen) atoms. The Hall–Kier alpha value is -1.51. The van der Waals surface area contributed by atoms with Crippen molar-refractivity contribution < 1.29 is 9.53 Å². The molecule has 0 spiro atoms. The standard InChI is InChI=1S/C9H11NO2.C2H6/c1-2-12-9(11)10-8-6-4-3-5-7-8;1-2/h3-7H,2H2,1H3,(H,10,11);1-2H3. The highest BCUT2D eigenvalue weighted by Crippen LogP contribution is 2.04. The van der Waals surface area contributed by atoms with Gasteiger partial charge in [0.15, 0.2) is 0 Å². The zero-order valence-corrected chi connectivity index (χ0v) is 8.91. The topological polar surface area (TPSA) is 38.3 Å². The average Bonchev–Trinajstić information content (AvgIpc) is 2.22. The smallest absolute Gasteiger partial charge is 0.411 e. The van der Waals surface area contributed by atoms with Crippen LogP contribution in [0.3, 0.4) is 0 Å². The van der Waals surface area contributed by atoms with Crippen LogP contribution in [0.15, 0.2) is 30.3 Å². The predicted octanol–water partition coefficient (Wildman–Crippen LogP) is 3.28. The van der Waals surface area contributed by atoms with Crippen LogP contribution in [0.25, 0.3) is 0 Å². The number of carbonyl (C=O) groups is 1.